The summed E-state index contributed by atoms with van der Waals surface area (Å²) in [5.41, 5.74) is 7.37. The lowest BCUT2D eigenvalue weighted by atomic mass is 10.1. The van der Waals surface area contributed by atoms with Gasteiger partial charge in [0, 0.05) is 11.3 Å². The molecule has 142 valence electrons. The highest BCUT2D eigenvalue weighted by Gasteiger charge is 2.11. The monoisotopic (exact) mass is 369 g/mol. The minimum absolute atomic E-state index is 0.0483. The maximum Gasteiger partial charge on any atom is 0.319 e. The topological polar surface area (TPSA) is 129 Å². The molecule has 0 aliphatic rings. The van der Waals surface area contributed by atoms with Crippen molar-refractivity contribution in [2.24, 2.45) is 5.73 Å². The molecule has 3 amide bonds. The average molecular weight is 369 g/mol. The molecule has 6 N–H and O–H groups in total. The fourth-order valence-electron chi connectivity index (χ4n) is 2.36. The summed E-state index contributed by atoms with van der Waals surface area (Å²) in [6, 6.07) is 13.2. The highest BCUT2D eigenvalue weighted by molar-refractivity contribution is 5.96. The lowest BCUT2D eigenvalue weighted by molar-refractivity contribution is -0.120. The van der Waals surface area contributed by atoms with E-state index in [-0.39, 0.29) is 24.3 Å². The molecular weight excluding hydrogens is 346 g/mol. The Morgan fingerprint density at radius 3 is 2.52 bits per heavy atom. The fraction of sp³-hybridized carbons (Fsp3) is 0.211. The highest BCUT2D eigenvalue weighted by atomic mass is 16.5. The van der Waals surface area contributed by atoms with Gasteiger partial charge in [0.2, 0.25) is 5.91 Å². The number of amides is 3. The van der Waals surface area contributed by atoms with Crippen LogP contribution in [0.4, 0.5) is 10.5 Å². The number of nitrogen functional groups attached to an aromatic ring is 1. The van der Waals surface area contributed by atoms with Gasteiger partial charge in [-0.15, -0.1) is 0 Å². The summed E-state index contributed by atoms with van der Waals surface area (Å²) >= 11 is 0. The minimum Gasteiger partial charge on any atom is -0.497 e. The van der Waals surface area contributed by atoms with Gasteiger partial charge in [-0.25, -0.2) is 4.79 Å². The first kappa shape index (κ1) is 19.8. The van der Waals surface area contributed by atoms with Gasteiger partial charge in [0.25, 0.3) is 0 Å². The van der Waals surface area contributed by atoms with Gasteiger partial charge >= 0.3 is 6.03 Å². The highest BCUT2D eigenvalue weighted by Crippen LogP contribution is 2.18. The van der Waals surface area contributed by atoms with E-state index < -0.39 is 6.03 Å². The van der Waals surface area contributed by atoms with Gasteiger partial charge < -0.3 is 26.4 Å². The van der Waals surface area contributed by atoms with Crippen LogP contribution in [0.1, 0.15) is 24.1 Å². The zero-order valence-electron chi connectivity index (χ0n) is 15.2. The summed E-state index contributed by atoms with van der Waals surface area (Å²) in [4.78, 5) is 23.9. The van der Waals surface area contributed by atoms with Crippen molar-refractivity contribution in [2.75, 3.05) is 19.0 Å². The maximum absolute atomic E-state index is 12.0. The molecule has 0 aliphatic carbocycles. The zero-order chi connectivity index (χ0) is 19.8. The Bertz CT molecular complexity index is 820. The number of hydrogen-bond acceptors (Lipinski definition) is 4. The number of carbonyl (C=O) groups is 2. The lowest BCUT2D eigenvalue weighted by Crippen LogP contribution is -2.39. The molecule has 27 heavy (non-hydrogen) atoms. The van der Waals surface area contributed by atoms with Crippen LogP contribution < -0.4 is 26.4 Å². The van der Waals surface area contributed by atoms with Crippen molar-refractivity contribution >= 4 is 23.5 Å². The van der Waals surface area contributed by atoms with Crippen LogP contribution in [-0.4, -0.2) is 31.4 Å². The zero-order valence-corrected chi connectivity index (χ0v) is 15.2. The Morgan fingerprint density at radius 1 is 1.19 bits per heavy atom. The number of nitrogens with one attached hydrogen (secondary N) is 4. The Morgan fingerprint density at radius 2 is 1.89 bits per heavy atom. The number of rotatable bonds is 7. The van der Waals surface area contributed by atoms with Crippen molar-refractivity contribution in [3.8, 4) is 5.75 Å². The van der Waals surface area contributed by atoms with E-state index in [2.05, 4.69) is 16.0 Å². The molecular formula is C19H23N5O3. The van der Waals surface area contributed by atoms with Crippen molar-refractivity contribution in [3.05, 3.63) is 59.7 Å². The number of urea groups is 1. The third-order valence-corrected chi connectivity index (χ3v) is 3.83. The van der Waals surface area contributed by atoms with E-state index in [0.29, 0.717) is 17.0 Å². The molecule has 0 bridgehead atoms. The molecule has 1 atom stereocenters. The van der Waals surface area contributed by atoms with Crippen LogP contribution in [0.15, 0.2) is 48.5 Å². The van der Waals surface area contributed by atoms with Crippen LogP contribution in [0.3, 0.4) is 0 Å². The van der Waals surface area contributed by atoms with Crippen LogP contribution >= 0.6 is 0 Å². The van der Waals surface area contributed by atoms with E-state index in [1.54, 1.807) is 31.4 Å². The van der Waals surface area contributed by atoms with E-state index >= 15 is 0 Å². The summed E-state index contributed by atoms with van der Waals surface area (Å²) in [5.74, 6) is 0.349. The second kappa shape index (κ2) is 9.23. The number of anilines is 1. The van der Waals surface area contributed by atoms with Crippen LogP contribution in [0.25, 0.3) is 0 Å². The van der Waals surface area contributed by atoms with Crippen molar-refractivity contribution in [3.63, 3.8) is 0 Å². The van der Waals surface area contributed by atoms with E-state index in [0.717, 1.165) is 5.56 Å². The summed E-state index contributed by atoms with van der Waals surface area (Å²) in [6.45, 7) is 1.69. The molecule has 8 heteroatoms. The first-order chi connectivity index (χ1) is 12.9. The predicted molar refractivity (Wildman–Crippen MR) is 104 cm³/mol. The fourth-order valence-corrected chi connectivity index (χ4v) is 2.36. The SMILES string of the molecule is COc1cccc([C@H](C)NC(=O)CNC(=O)Nc2ccc(C(=N)N)cc2)c1. The molecule has 8 nitrogen and oxygen atoms in total. The maximum atomic E-state index is 12.0. The minimum atomic E-state index is -0.505. The molecule has 0 aliphatic heterocycles. The normalized spacial score (nSPS) is 11.2. The summed E-state index contributed by atoms with van der Waals surface area (Å²) < 4.78 is 5.17. The number of ether oxygens (including phenoxy) is 1. The second-order valence-corrected chi connectivity index (χ2v) is 5.86. The van der Waals surface area contributed by atoms with Gasteiger partial charge in [-0.1, -0.05) is 12.1 Å². The molecule has 0 fully saturated rings. The van der Waals surface area contributed by atoms with Gasteiger partial charge in [0.15, 0.2) is 0 Å². The standard InChI is InChI=1S/C19H23N5O3/c1-12(14-4-3-5-16(10-14)27-2)23-17(25)11-22-19(26)24-15-8-6-13(7-9-15)18(20)21/h3-10,12H,11H2,1-2H3,(H3,20,21)(H,23,25)(H2,22,24,26)/t12-/m0/s1. The van der Waals surface area contributed by atoms with Crippen molar-refractivity contribution in [1.82, 2.24) is 10.6 Å². The molecule has 0 unspecified atom stereocenters. The number of nitrogens with two attached hydrogens (primary N) is 1. The first-order valence-corrected chi connectivity index (χ1v) is 8.31. The number of hydrogen-bond donors (Lipinski definition) is 5. The molecule has 0 radical (unpaired) electrons. The van der Waals surface area contributed by atoms with Crippen LogP contribution in [-0.2, 0) is 4.79 Å². The molecule has 0 saturated carbocycles. The Labute approximate surface area is 157 Å². The second-order valence-electron chi connectivity index (χ2n) is 5.86. The molecule has 2 aromatic rings. The quantitative estimate of drug-likeness (QED) is 0.377. The average Bonchev–Trinajstić information content (AvgIpc) is 2.66. The van der Waals surface area contributed by atoms with Gasteiger partial charge in [-0.05, 0) is 48.9 Å². The number of amidine groups is 1. The summed E-state index contributed by atoms with van der Waals surface area (Å²) in [7, 11) is 1.58. The molecule has 0 aromatic heterocycles. The molecule has 2 rings (SSSR count). The molecule has 2 aromatic carbocycles. The smallest absolute Gasteiger partial charge is 0.319 e. The predicted octanol–water partition coefficient (Wildman–Crippen LogP) is 1.98. The van der Waals surface area contributed by atoms with Gasteiger partial charge in [-0.3, -0.25) is 10.2 Å². The Kier molecular flexibility index (Phi) is 6.76. The van der Waals surface area contributed by atoms with Gasteiger partial charge in [-0.2, -0.15) is 0 Å². The Hall–Kier alpha value is -3.55. The van der Waals surface area contributed by atoms with Crippen molar-refractivity contribution in [1.29, 1.82) is 5.41 Å². The molecule has 0 heterocycles. The third-order valence-electron chi connectivity index (χ3n) is 3.83. The number of benzene rings is 2. The van der Waals surface area contributed by atoms with Crippen molar-refractivity contribution in [2.45, 2.75) is 13.0 Å². The number of carbonyl (C=O) groups excluding carboxylic acids is 2. The molecule has 0 spiro atoms. The van der Waals surface area contributed by atoms with Crippen LogP contribution in [0.5, 0.6) is 5.75 Å². The van der Waals surface area contributed by atoms with E-state index in [4.69, 9.17) is 15.9 Å². The summed E-state index contributed by atoms with van der Waals surface area (Å²) in [6.07, 6.45) is 0. The van der Waals surface area contributed by atoms with E-state index in [1.165, 1.54) is 0 Å². The summed E-state index contributed by atoms with van der Waals surface area (Å²) in [5, 5.41) is 15.2. The first-order valence-electron chi connectivity index (χ1n) is 8.31. The molecule has 0 saturated heterocycles. The largest absolute Gasteiger partial charge is 0.497 e. The van der Waals surface area contributed by atoms with E-state index in [9.17, 15) is 9.59 Å². The van der Waals surface area contributed by atoms with Crippen molar-refractivity contribution < 1.29 is 14.3 Å². The van der Waals surface area contributed by atoms with Gasteiger partial charge in [0.1, 0.15) is 11.6 Å². The third kappa shape index (κ3) is 6.03. The lowest BCUT2D eigenvalue weighted by Gasteiger charge is -2.15. The van der Waals surface area contributed by atoms with Crippen LogP contribution in [0, 0.1) is 5.41 Å². The number of methoxy groups -OCH3 is 1. The van der Waals surface area contributed by atoms with E-state index in [1.807, 2.05) is 31.2 Å². The Balaban J connectivity index is 1.80. The van der Waals surface area contributed by atoms with Crippen LogP contribution in [0.2, 0.25) is 0 Å². The van der Waals surface area contributed by atoms with Gasteiger partial charge in [0.05, 0.1) is 19.7 Å².